The van der Waals surface area contributed by atoms with Crippen LogP contribution in [0.5, 0.6) is 0 Å². The van der Waals surface area contributed by atoms with Gasteiger partial charge in [-0.25, -0.2) is 0 Å². The summed E-state index contributed by atoms with van der Waals surface area (Å²) >= 11 is 0. The second kappa shape index (κ2) is 19.2. The Bertz CT molecular complexity index is 4950. The van der Waals surface area contributed by atoms with Crippen LogP contribution in [0.4, 0.5) is 34.1 Å². The van der Waals surface area contributed by atoms with Crippen molar-refractivity contribution in [2.45, 2.75) is 81.5 Å². The predicted molar refractivity (Wildman–Crippen MR) is 353 cm³/mol. The maximum atomic E-state index is 7.21. The number of rotatable bonds is 8. The lowest BCUT2D eigenvalue weighted by Gasteiger charge is -2.32. The molecule has 0 unspecified atom stereocenters. The lowest BCUT2D eigenvalue weighted by molar-refractivity contribution is 0.442. The van der Waals surface area contributed by atoms with E-state index in [0.29, 0.717) is 11.8 Å². The SMILES string of the molecule is c1ccc(N(c2ccc3cc4c(cc3c2)C2(c3ccccc3-c3ccccc32)c2c-4ccc3cc(N(c4ccccc4)c4cccc5c4oc4c(C6CCCCC6)cccc45)ccc23)c2cccc3c2oc2c(C4CCCCC4)cccc23)cc1. The average Bonchev–Trinajstić information content (AvgIpc) is 1.52. The normalized spacial score (nSPS) is 15.5. The van der Waals surface area contributed by atoms with Gasteiger partial charge >= 0.3 is 0 Å². The first kappa shape index (κ1) is 48.8. The first-order valence-electron chi connectivity index (χ1n) is 31.1. The summed E-state index contributed by atoms with van der Waals surface area (Å²) in [6, 6.07) is 91.2. The van der Waals surface area contributed by atoms with E-state index in [-0.39, 0.29) is 0 Å². The van der Waals surface area contributed by atoms with Crippen molar-refractivity contribution in [3.63, 3.8) is 0 Å². The quantitative estimate of drug-likeness (QED) is 0.152. The van der Waals surface area contributed by atoms with Gasteiger partial charge in [0.1, 0.15) is 11.2 Å². The Labute approximate surface area is 495 Å². The fourth-order valence-corrected chi connectivity index (χ4v) is 16.5. The van der Waals surface area contributed by atoms with Crippen LogP contribution in [0.15, 0.2) is 251 Å². The van der Waals surface area contributed by atoms with Crippen LogP contribution in [-0.2, 0) is 5.41 Å². The van der Waals surface area contributed by atoms with Crippen LogP contribution in [0.1, 0.15) is 109 Å². The molecule has 4 heteroatoms. The van der Waals surface area contributed by atoms with Crippen molar-refractivity contribution in [1.82, 2.24) is 0 Å². The summed E-state index contributed by atoms with van der Waals surface area (Å²) in [6.07, 6.45) is 12.6. The number of para-hydroxylation sites is 6. The number of anilines is 6. The summed E-state index contributed by atoms with van der Waals surface area (Å²) in [6.45, 7) is 0. The lowest BCUT2D eigenvalue weighted by Crippen LogP contribution is -2.26. The second-order valence-corrected chi connectivity index (χ2v) is 24.6. The van der Waals surface area contributed by atoms with Gasteiger partial charge in [-0.1, -0.05) is 208 Å². The highest BCUT2D eigenvalue weighted by Gasteiger charge is 2.52. The molecular weight excluding hydrogens is 1030 g/mol. The molecule has 2 heterocycles. The lowest BCUT2D eigenvalue weighted by atomic mass is 9.69. The summed E-state index contributed by atoms with van der Waals surface area (Å²) in [5.41, 5.74) is 22.9. The predicted octanol–water partition coefficient (Wildman–Crippen LogP) is 23.2. The van der Waals surface area contributed by atoms with E-state index in [1.807, 2.05) is 0 Å². The summed E-state index contributed by atoms with van der Waals surface area (Å²) in [7, 11) is 0. The number of benzene rings is 12. The van der Waals surface area contributed by atoms with Crippen molar-refractivity contribution in [1.29, 1.82) is 0 Å². The van der Waals surface area contributed by atoms with E-state index in [1.54, 1.807) is 0 Å². The molecule has 85 heavy (non-hydrogen) atoms. The molecule has 0 atom stereocenters. The third kappa shape index (κ3) is 7.27. The van der Waals surface area contributed by atoms with Crippen molar-refractivity contribution >= 4 is 99.5 Å². The molecule has 2 aromatic heterocycles. The molecule has 4 aliphatic rings. The minimum absolute atomic E-state index is 0.525. The van der Waals surface area contributed by atoms with E-state index < -0.39 is 5.41 Å². The smallest absolute Gasteiger partial charge is 0.159 e. The summed E-state index contributed by atoms with van der Waals surface area (Å²) < 4.78 is 14.4. The highest BCUT2D eigenvalue weighted by molar-refractivity contribution is 6.14. The molecular formula is C81H62N2O2. The molecule has 0 aliphatic heterocycles. The van der Waals surface area contributed by atoms with Gasteiger partial charge in [-0.3, -0.25) is 0 Å². The minimum Gasteiger partial charge on any atom is -0.454 e. The molecule has 14 aromatic rings. The van der Waals surface area contributed by atoms with Crippen LogP contribution in [0.3, 0.4) is 0 Å². The maximum absolute atomic E-state index is 7.21. The van der Waals surface area contributed by atoms with Crippen LogP contribution in [-0.4, -0.2) is 0 Å². The maximum Gasteiger partial charge on any atom is 0.159 e. The highest BCUT2D eigenvalue weighted by Crippen LogP contribution is 2.65. The Morgan fingerprint density at radius 2 is 0.765 bits per heavy atom. The first-order chi connectivity index (χ1) is 42.2. The van der Waals surface area contributed by atoms with Gasteiger partial charge in [-0.05, 0) is 187 Å². The summed E-state index contributed by atoms with van der Waals surface area (Å²) in [5.74, 6) is 1.05. The molecule has 4 aliphatic carbocycles. The largest absolute Gasteiger partial charge is 0.454 e. The summed E-state index contributed by atoms with van der Waals surface area (Å²) in [5, 5.41) is 9.55. The van der Waals surface area contributed by atoms with Gasteiger partial charge in [0, 0.05) is 44.3 Å². The Balaban J connectivity index is 0.822. The third-order valence-corrected chi connectivity index (χ3v) is 20.2. The van der Waals surface area contributed by atoms with Gasteiger partial charge in [0.25, 0.3) is 0 Å². The van der Waals surface area contributed by atoms with Gasteiger partial charge in [-0.15, -0.1) is 0 Å². The Hall–Kier alpha value is -9.64. The van der Waals surface area contributed by atoms with Crippen molar-refractivity contribution in [2.24, 2.45) is 0 Å². The molecule has 0 N–H and O–H groups in total. The molecule has 0 amide bonds. The molecule has 1 spiro atoms. The van der Waals surface area contributed by atoms with Crippen molar-refractivity contribution < 1.29 is 8.83 Å². The zero-order valence-corrected chi connectivity index (χ0v) is 47.5. The number of hydrogen-bond donors (Lipinski definition) is 0. The van der Waals surface area contributed by atoms with Gasteiger partial charge in [-0.2, -0.15) is 0 Å². The molecule has 2 saturated carbocycles. The van der Waals surface area contributed by atoms with E-state index in [0.717, 1.165) is 67.2 Å². The monoisotopic (exact) mass is 1090 g/mol. The Morgan fingerprint density at radius 3 is 1.32 bits per heavy atom. The average molecular weight is 1100 g/mol. The standard InChI is InChI=1S/C81H62N2O2/c1-5-21-51(22-6-1)61-31-17-33-66-68-35-19-39-74(79(68)84-77(61)66)82(56-25-9-3-10-26-56)58-43-41-53-49-70-65-45-42-54-47-59(44-46-60(54)76(65)81(73(70)50-55(53)48-58)71-37-15-13-29-63(71)64-30-14-16-38-72(64)81)83(57-27-11-4-12-28-57)75-40-20-36-69-67-34-18-32-62(78(67)85-80(69)75)52-23-7-2-8-24-52/h3-4,9-20,25-52H,1-2,5-8,21-24H2. The molecule has 18 rings (SSSR count). The fraction of sp³-hybridized carbons (Fsp3) is 0.160. The van der Waals surface area contributed by atoms with E-state index in [1.165, 1.54) is 152 Å². The molecule has 4 nitrogen and oxygen atoms in total. The Kier molecular flexibility index (Phi) is 11.0. The van der Waals surface area contributed by atoms with E-state index in [4.69, 9.17) is 8.83 Å². The molecule has 408 valence electrons. The molecule has 2 fully saturated rings. The van der Waals surface area contributed by atoms with E-state index in [2.05, 4.69) is 252 Å². The highest BCUT2D eigenvalue weighted by atomic mass is 16.3. The zero-order valence-electron chi connectivity index (χ0n) is 47.5. The third-order valence-electron chi connectivity index (χ3n) is 20.2. The van der Waals surface area contributed by atoms with Crippen LogP contribution in [0, 0.1) is 0 Å². The van der Waals surface area contributed by atoms with Gasteiger partial charge < -0.3 is 18.6 Å². The van der Waals surface area contributed by atoms with Crippen LogP contribution in [0.25, 0.3) is 87.7 Å². The van der Waals surface area contributed by atoms with Crippen LogP contribution in [0.2, 0.25) is 0 Å². The molecule has 0 radical (unpaired) electrons. The first-order valence-corrected chi connectivity index (χ1v) is 31.1. The zero-order chi connectivity index (χ0) is 55.7. The van der Waals surface area contributed by atoms with E-state index in [9.17, 15) is 0 Å². The van der Waals surface area contributed by atoms with Crippen molar-refractivity contribution in [3.05, 3.63) is 276 Å². The van der Waals surface area contributed by atoms with Gasteiger partial charge in [0.2, 0.25) is 0 Å². The molecule has 0 bridgehead atoms. The van der Waals surface area contributed by atoms with Gasteiger partial charge in [0.15, 0.2) is 11.2 Å². The number of fused-ring (bicyclic) bond motifs is 19. The number of nitrogens with zero attached hydrogens (tertiary/aromatic N) is 2. The fourth-order valence-electron chi connectivity index (χ4n) is 16.5. The summed E-state index contributed by atoms with van der Waals surface area (Å²) in [4.78, 5) is 4.82. The molecule has 12 aromatic carbocycles. The van der Waals surface area contributed by atoms with E-state index >= 15 is 0 Å². The molecule has 0 saturated heterocycles. The van der Waals surface area contributed by atoms with Crippen LogP contribution >= 0.6 is 0 Å². The number of furan rings is 2. The van der Waals surface area contributed by atoms with Crippen LogP contribution < -0.4 is 9.80 Å². The van der Waals surface area contributed by atoms with Crippen molar-refractivity contribution in [3.8, 4) is 22.3 Å². The topological polar surface area (TPSA) is 32.8 Å². The number of hydrogen-bond acceptors (Lipinski definition) is 4. The van der Waals surface area contributed by atoms with Gasteiger partial charge in [0.05, 0.1) is 16.8 Å². The minimum atomic E-state index is -0.590. The Morgan fingerprint density at radius 1 is 0.294 bits per heavy atom. The van der Waals surface area contributed by atoms with Crippen molar-refractivity contribution in [2.75, 3.05) is 9.80 Å². The second-order valence-electron chi connectivity index (χ2n) is 24.6.